The van der Waals surface area contributed by atoms with Crippen molar-refractivity contribution in [2.75, 3.05) is 0 Å². The van der Waals surface area contributed by atoms with Gasteiger partial charge in [-0.1, -0.05) is 36.3 Å². The van der Waals surface area contributed by atoms with E-state index >= 15 is 0 Å². The summed E-state index contributed by atoms with van der Waals surface area (Å²) in [6.07, 6.45) is 5.78. The molecule has 0 unspecified atom stereocenters. The van der Waals surface area contributed by atoms with Crippen molar-refractivity contribution < 1.29 is 4.42 Å². The lowest BCUT2D eigenvalue weighted by Gasteiger charge is -1.92. The van der Waals surface area contributed by atoms with Gasteiger partial charge >= 0.3 is 0 Å². The molecule has 1 heterocycles. The van der Waals surface area contributed by atoms with Crippen LogP contribution in [0.25, 0.3) is 23.1 Å². The van der Waals surface area contributed by atoms with E-state index in [-0.39, 0.29) is 0 Å². The molecule has 0 saturated carbocycles. The van der Waals surface area contributed by atoms with Gasteiger partial charge in [-0.05, 0) is 19.1 Å². The first-order valence-electron chi connectivity index (χ1n) is 5.04. The van der Waals surface area contributed by atoms with Gasteiger partial charge in [0, 0.05) is 10.9 Å². The van der Waals surface area contributed by atoms with Crippen molar-refractivity contribution in [2.24, 2.45) is 0 Å². The molecule has 1 nitrogen and oxygen atoms in total. The Labute approximate surface area is 90.5 Å². The van der Waals surface area contributed by atoms with Gasteiger partial charge in [0.15, 0.2) is 0 Å². The second-order valence-corrected chi connectivity index (χ2v) is 3.58. The molecule has 15 heavy (non-hydrogen) atoms. The summed E-state index contributed by atoms with van der Waals surface area (Å²) >= 11 is 0. The molecule has 1 aromatic heterocycles. The molecule has 0 amide bonds. The first-order chi connectivity index (χ1) is 7.26. The van der Waals surface area contributed by atoms with Crippen LogP contribution >= 0.6 is 0 Å². The lowest BCUT2D eigenvalue weighted by Crippen LogP contribution is -1.98. The summed E-state index contributed by atoms with van der Waals surface area (Å²) in [5.74, 6) is 0.883. The molecular weight excluding hydrogens is 183 g/mol. The van der Waals surface area contributed by atoms with E-state index in [1.807, 2.05) is 31.2 Å². The molecule has 0 N–H and O–H groups in total. The minimum absolute atomic E-state index is 0.883. The zero-order valence-electron chi connectivity index (χ0n) is 9.08. The molecule has 2 aromatic rings. The van der Waals surface area contributed by atoms with Gasteiger partial charge in [-0.3, -0.25) is 0 Å². The van der Waals surface area contributed by atoms with Gasteiger partial charge in [-0.25, -0.2) is 0 Å². The Balaban J connectivity index is 2.79. The van der Waals surface area contributed by atoms with Crippen molar-refractivity contribution in [2.45, 2.75) is 6.92 Å². The highest BCUT2D eigenvalue weighted by molar-refractivity contribution is 6.33. The fourth-order valence-corrected chi connectivity index (χ4v) is 1.74. The molecule has 0 atom stereocenters. The molecule has 0 saturated heterocycles. The molecule has 0 fully saturated rings. The summed E-state index contributed by atoms with van der Waals surface area (Å²) in [7, 11) is 2.08. The van der Waals surface area contributed by atoms with Gasteiger partial charge in [0.1, 0.15) is 19.2 Å². The maximum absolute atomic E-state index is 5.73. The molecular formula is C13H13BO. The summed E-state index contributed by atoms with van der Waals surface area (Å²) in [5, 5.41) is 1.14. The second-order valence-electron chi connectivity index (χ2n) is 3.58. The average Bonchev–Trinajstić information content (AvgIpc) is 2.55. The van der Waals surface area contributed by atoms with Gasteiger partial charge in [-0.15, -0.1) is 0 Å². The smallest absolute Gasteiger partial charge is 0.139 e. The molecule has 0 spiro atoms. The Bertz CT molecular complexity index is 535. The van der Waals surface area contributed by atoms with E-state index in [2.05, 4.69) is 26.6 Å². The van der Waals surface area contributed by atoms with Crippen LogP contribution < -0.4 is 5.46 Å². The minimum atomic E-state index is 0.883. The third-order valence-electron chi connectivity index (χ3n) is 2.43. The Kier molecular flexibility index (Phi) is 2.50. The van der Waals surface area contributed by atoms with Crippen LogP contribution in [0.4, 0.5) is 0 Å². The average molecular weight is 196 g/mol. The zero-order chi connectivity index (χ0) is 10.8. The highest BCUT2D eigenvalue weighted by Gasteiger charge is 2.08. The maximum atomic E-state index is 5.73. The van der Waals surface area contributed by atoms with Crippen LogP contribution in [-0.4, -0.2) is 7.85 Å². The van der Waals surface area contributed by atoms with E-state index in [0.29, 0.717) is 0 Å². The van der Waals surface area contributed by atoms with Crippen molar-refractivity contribution in [3.63, 3.8) is 0 Å². The van der Waals surface area contributed by atoms with E-state index in [9.17, 15) is 0 Å². The summed E-state index contributed by atoms with van der Waals surface area (Å²) in [6.45, 7) is 5.81. The Morgan fingerprint density at radius 1 is 1.40 bits per heavy atom. The van der Waals surface area contributed by atoms with Crippen LogP contribution in [-0.2, 0) is 0 Å². The fourth-order valence-electron chi connectivity index (χ4n) is 1.74. The molecule has 0 radical (unpaired) electrons. The van der Waals surface area contributed by atoms with Gasteiger partial charge < -0.3 is 4.42 Å². The van der Waals surface area contributed by atoms with E-state index in [1.54, 1.807) is 0 Å². The number of furan rings is 1. The van der Waals surface area contributed by atoms with E-state index in [4.69, 9.17) is 4.42 Å². The van der Waals surface area contributed by atoms with Crippen LogP contribution in [0.1, 0.15) is 18.2 Å². The normalized spacial score (nSPS) is 11.3. The number of benzene rings is 1. The second kappa shape index (κ2) is 3.81. The molecule has 2 rings (SSSR count). The number of fused-ring (bicyclic) bond motifs is 1. The predicted molar refractivity (Wildman–Crippen MR) is 69.2 cm³/mol. The minimum Gasteiger partial charge on any atom is -0.456 e. The molecule has 1 aromatic carbocycles. The summed E-state index contributed by atoms with van der Waals surface area (Å²) in [5.41, 5.74) is 3.23. The van der Waals surface area contributed by atoms with Crippen molar-refractivity contribution >= 4 is 36.4 Å². The summed E-state index contributed by atoms with van der Waals surface area (Å²) < 4.78 is 5.73. The number of hydrogen-bond acceptors (Lipinski definition) is 1. The maximum Gasteiger partial charge on any atom is 0.139 e. The van der Waals surface area contributed by atoms with Gasteiger partial charge in [0.25, 0.3) is 0 Å². The lowest BCUT2D eigenvalue weighted by atomic mass is 9.94. The summed E-state index contributed by atoms with van der Waals surface area (Å²) in [4.78, 5) is 0. The van der Waals surface area contributed by atoms with Gasteiger partial charge in [0.05, 0.1) is 0 Å². The zero-order valence-corrected chi connectivity index (χ0v) is 9.08. The SMILES string of the molecule is Bc1ccc2oc(/C=C\C)c(C=C)c2c1. The van der Waals surface area contributed by atoms with Crippen LogP contribution in [0, 0.1) is 0 Å². The quantitative estimate of drug-likeness (QED) is 0.672. The van der Waals surface area contributed by atoms with Crippen molar-refractivity contribution in [3.8, 4) is 0 Å². The Morgan fingerprint density at radius 3 is 2.87 bits per heavy atom. The highest BCUT2D eigenvalue weighted by Crippen LogP contribution is 2.26. The molecule has 0 aliphatic carbocycles. The Hall–Kier alpha value is -1.70. The first kappa shape index (κ1) is 9.84. The van der Waals surface area contributed by atoms with Gasteiger partial charge in [0.2, 0.25) is 0 Å². The van der Waals surface area contributed by atoms with Crippen LogP contribution in [0.2, 0.25) is 0 Å². The fraction of sp³-hybridized carbons (Fsp3) is 0.0769. The van der Waals surface area contributed by atoms with Crippen molar-refractivity contribution in [1.82, 2.24) is 0 Å². The third kappa shape index (κ3) is 1.63. The highest BCUT2D eigenvalue weighted by atomic mass is 16.3. The molecule has 0 aliphatic heterocycles. The molecule has 0 bridgehead atoms. The number of hydrogen-bond donors (Lipinski definition) is 0. The molecule has 2 heteroatoms. The predicted octanol–water partition coefficient (Wildman–Crippen LogP) is 2.37. The van der Waals surface area contributed by atoms with Gasteiger partial charge in [-0.2, -0.15) is 0 Å². The van der Waals surface area contributed by atoms with Crippen LogP contribution in [0.3, 0.4) is 0 Å². The molecule has 0 aliphatic rings. The van der Waals surface area contributed by atoms with Crippen LogP contribution in [0.5, 0.6) is 0 Å². The number of allylic oxidation sites excluding steroid dienone is 1. The Morgan fingerprint density at radius 2 is 2.20 bits per heavy atom. The number of rotatable bonds is 2. The van der Waals surface area contributed by atoms with Crippen molar-refractivity contribution in [1.29, 1.82) is 0 Å². The standard InChI is InChI=1S/C13H13BO/c1-3-5-12-10(4-2)11-8-9(14)6-7-13(11)15-12/h3-8H,2,14H2,1H3/b5-3-. The molecule has 74 valence electrons. The van der Waals surface area contributed by atoms with E-state index < -0.39 is 0 Å². The van der Waals surface area contributed by atoms with E-state index in [0.717, 1.165) is 22.3 Å². The monoisotopic (exact) mass is 196 g/mol. The lowest BCUT2D eigenvalue weighted by molar-refractivity contribution is 0.603. The largest absolute Gasteiger partial charge is 0.456 e. The van der Waals surface area contributed by atoms with E-state index in [1.165, 1.54) is 5.46 Å². The summed E-state index contributed by atoms with van der Waals surface area (Å²) in [6, 6.07) is 6.19. The van der Waals surface area contributed by atoms with Crippen molar-refractivity contribution in [3.05, 3.63) is 42.2 Å². The van der Waals surface area contributed by atoms with Crippen LogP contribution in [0.15, 0.2) is 35.3 Å². The first-order valence-corrected chi connectivity index (χ1v) is 5.04. The topological polar surface area (TPSA) is 13.1 Å². The third-order valence-corrected chi connectivity index (χ3v) is 2.43.